The summed E-state index contributed by atoms with van der Waals surface area (Å²) in [6.07, 6.45) is 8.17. The maximum atomic E-state index is 12.3. The molecule has 4 rings (SSSR count). The number of carbonyl (C=O) groups is 1. The van der Waals surface area contributed by atoms with Crippen LogP contribution in [0.4, 0.5) is 0 Å². The average molecular weight is 543 g/mol. The zero-order chi connectivity index (χ0) is 28.2. The molecule has 1 aromatic heterocycles. The Bertz CT molecular complexity index is 1380. The maximum Gasteiger partial charge on any atom is 0.310 e. The molecular formula is C34H42N2O4. The number of ether oxygens (including phenoxy) is 2. The Morgan fingerprint density at radius 1 is 0.925 bits per heavy atom. The first kappa shape index (κ1) is 29.4. The van der Waals surface area contributed by atoms with Crippen molar-refractivity contribution in [2.24, 2.45) is 5.73 Å². The van der Waals surface area contributed by atoms with Gasteiger partial charge < -0.3 is 24.9 Å². The number of rotatable bonds is 16. The van der Waals surface area contributed by atoms with Gasteiger partial charge in [-0.15, -0.1) is 0 Å². The van der Waals surface area contributed by atoms with E-state index in [1.165, 1.54) is 32.1 Å². The maximum absolute atomic E-state index is 12.3. The Hall–Kier alpha value is -3.61. The van der Waals surface area contributed by atoms with Gasteiger partial charge in [0.25, 0.3) is 0 Å². The van der Waals surface area contributed by atoms with Crippen molar-refractivity contribution >= 4 is 16.9 Å². The smallest absolute Gasteiger partial charge is 0.310 e. The quantitative estimate of drug-likeness (QED) is 0.114. The fourth-order valence-electron chi connectivity index (χ4n) is 4.91. The highest BCUT2D eigenvalue weighted by molar-refractivity contribution is 5.93. The Kier molecular flexibility index (Phi) is 11.2. The van der Waals surface area contributed by atoms with Crippen LogP contribution in [0.25, 0.3) is 22.1 Å². The van der Waals surface area contributed by atoms with Gasteiger partial charge in [-0.25, -0.2) is 0 Å². The predicted molar refractivity (Wildman–Crippen MR) is 161 cm³/mol. The molecule has 6 nitrogen and oxygen atoms in total. The minimum absolute atomic E-state index is 0.173. The van der Waals surface area contributed by atoms with Crippen LogP contribution in [0.15, 0.2) is 71.3 Å². The molecule has 4 aromatic rings. The summed E-state index contributed by atoms with van der Waals surface area (Å²) >= 11 is 0. The molecule has 0 unspecified atom stereocenters. The van der Waals surface area contributed by atoms with Crippen LogP contribution < -0.4 is 15.8 Å². The first-order valence-corrected chi connectivity index (χ1v) is 14.5. The zero-order valence-corrected chi connectivity index (χ0v) is 23.8. The lowest BCUT2D eigenvalue weighted by Gasteiger charge is -2.15. The van der Waals surface area contributed by atoms with Gasteiger partial charge in [0.15, 0.2) is 0 Å². The summed E-state index contributed by atoms with van der Waals surface area (Å²) in [7, 11) is 0. The fraction of sp³-hybridized carbons (Fsp3) is 0.382. The summed E-state index contributed by atoms with van der Waals surface area (Å²) in [5.41, 5.74) is 12.8. The summed E-state index contributed by atoms with van der Waals surface area (Å²) in [4.78, 5) is 12.3. The lowest BCUT2D eigenvalue weighted by molar-refractivity contribution is -0.142. The topological polar surface area (TPSA) is 86.7 Å². The average Bonchev–Trinajstić information content (AvgIpc) is 3.45. The van der Waals surface area contributed by atoms with E-state index in [9.17, 15) is 4.79 Å². The molecule has 0 bridgehead atoms. The second kappa shape index (κ2) is 15.2. The Morgan fingerprint density at radius 2 is 1.80 bits per heavy atom. The number of fused-ring (bicyclic) bond motifs is 1. The van der Waals surface area contributed by atoms with Crippen LogP contribution in [0.5, 0.6) is 5.75 Å². The molecule has 0 aliphatic heterocycles. The molecule has 0 amide bonds. The number of hydrogen-bond donors (Lipinski definition) is 2. The molecule has 0 aliphatic carbocycles. The highest BCUT2D eigenvalue weighted by Crippen LogP contribution is 2.32. The largest absolute Gasteiger partial charge is 0.489 e. The molecule has 0 saturated heterocycles. The van der Waals surface area contributed by atoms with Crippen LogP contribution in [-0.4, -0.2) is 19.1 Å². The van der Waals surface area contributed by atoms with Gasteiger partial charge in [0.1, 0.15) is 17.9 Å². The van der Waals surface area contributed by atoms with Crippen molar-refractivity contribution in [2.75, 3.05) is 13.2 Å². The molecule has 3 aromatic carbocycles. The summed E-state index contributed by atoms with van der Waals surface area (Å²) < 4.78 is 17.4. The number of esters is 1. The highest BCUT2D eigenvalue weighted by Gasteiger charge is 2.14. The van der Waals surface area contributed by atoms with Crippen LogP contribution in [0.1, 0.15) is 68.2 Å². The van der Waals surface area contributed by atoms with Gasteiger partial charge in [-0.05, 0) is 72.5 Å². The lowest BCUT2D eigenvalue weighted by atomic mass is 9.99. The van der Waals surface area contributed by atoms with Crippen LogP contribution in [0, 0.1) is 0 Å². The molecule has 0 aliphatic rings. The molecule has 0 fully saturated rings. The van der Waals surface area contributed by atoms with Crippen molar-refractivity contribution in [3.05, 3.63) is 89.2 Å². The monoisotopic (exact) mass is 542 g/mol. The van der Waals surface area contributed by atoms with Gasteiger partial charge in [0.05, 0.1) is 19.3 Å². The number of benzene rings is 3. The van der Waals surface area contributed by atoms with E-state index in [0.29, 0.717) is 25.5 Å². The van der Waals surface area contributed by atoms with Crippen LogP contribution in [0.2, 0.25) is 0 Å². The van der Waals surface area contributed by atoms with Crippen molar-refractivity contribution in [3.8, 4) is 16.9 Å². The van der Waals surface area contributed by atoms with Gasteiger partial charge in [-0.2, -0.15) is 0 Å². The van der Waals surface area contributed by atoms with E-state index < -0.39 is 0 Å². The number of hydrogen-bond acceptors (Lipinski definition) is 6. The number of nitrogens with one attached hydrogen (secondary N) is 1. The van der Waals surface area contributed by atoms with E-state index in [-0.39, 0.29) is 12.4 Å². The van der Waals surface area contributed by atoms with Crippen molar-refractivity contribution in [1.29, 1.82) is 0 Å². The molecule has 0 saturated carbocycles. The van der Waals surface area contributed by atoms with E-state index in [1.807, 2.05) is 37.3 Å². The number of nitrogens with two attached hydrogens (primary N) is 1. The van der Waals surface area contributed by atoms with Crippen molar-refractivity contribution < 1.29 is 18.7 Å². The molecule has 3 N–H and O–H groups in total. The standard InChI is InChI=1S/C34H42N2O4/c1-3-5-6-7-8-15-36-23-26-12-13-29(21-33(37)38-4-2)32(20-26)40-24-27-18-30-14-16-39-34(30)31(19-27)28-11-9-10-25(17-28)22-35/h9-14,16-20,36H,3-8,15,21-24,35H2,1-2H3. The summed E-state index contributed by atoms with van der Waals surface area (Å²) in [6, 6.07) is 20.5. The molecule has 1 heterocycles. The third-order valence-electron chi connectivity index (χ3n) is 7.04. The summed E-state index contributed by atoms with van der Waals surface area (Å²) in [5.74, 6) is 0.446. The Balaban J connectivity index is 1.51. The highest BCUT2D eigenvalue weighted by atomic mass is 16.5. The summed E-state index contributed by atoms with van der Waals surface area (Å²) in [5, 5.41) is 4.56. The van der Waals surface area contributed by atoms with E-state index in [4.69, 9.17) is 19.6 Å². The SMILES string of the molecule is CCCCCCCNCc1ccc(CC(=O)OCC)c(OCc2cc(-c3cccc(CN)c3)c3occc3c2)c1. The normalized spacial score (nSPS) is 11.2. The minimum Gasteiger partial charge on any atom is -0.489 e. The Morgan fingerprint density at radius 3 is 2.62 bits per heavy atom. The molecule has 212 valence electrons. The minimum atomic E-state index is -0.257. The van der Waals surface area contributed by atoms with Gasteiger partial charge in [0.2, 0.25) is 0 Å². The second-order valence-corrected chi connectivity index (χ2v) is 10.2. The predicted octanol–water partition coefficient (Wildman–Crippen LogP) is 7.30. The van der Waals surface area contributed by atoms with Gasteiger partial charge in [-0.3, -0.25) is 4.79 Å². The summed E-state index contributed by atoms with van der Waals surface area (Å²) in [6.45, 7) is 6.99. The molecule has 0 radical (unpaired) electrons. The van der Waals surface area contributed by atoms with E-state index in [0.717, 1.165) is 57.4 Å². The molecule has 0 atom stereocenters. The zero-order valence-electron chi connectivity index (χ0n) is 23.8. The van der Waals surface area contributed by atoms with E-state index in [1.54, 1.807) is 6.26 Å². The van der Waals surface area contributed by atoms with E-state index in [2.05, 4.69) is 42.6 Å². The van der Waals surface area contributed by atoms with Crippen LogP contribution in [0.3, 0.4) is 0 Å². The molecule has 0 spiro atoms. The van der Waals surface area contributed by atoms with Crippen LogP contribution in [-0.2, 0) is 35.6 Å². The molecule has 40 heavy (non-hydrogen) atoms. The number of furan rings is 1. The van der Waals surface area contributed by atoms with Crippen LogP contribution >= 0.6 is 0 Å². The first-order valence-electron chi connectivity index (χ1n) is 14.5. The Labute approximate surface area is 237 Å². The number of carbonyl (C=O) groups excluding carboxylic acids is 1. The van der Waals surface area contributed by atoms with Crippen molar-refractivity contribution in [1.82, 2.24) is 5.32 Å². The number of unbranched alkanes of at least 4 members (excludes halogenated alkanes) is 4. The van der Waals surface area contributed by atoms with Crippen molar-refractivity contribution in [2.45, 2.75) is 72.1 Å². The molecular weight excluding hydrogens is 500 g/mol. The van der Waals surface area contributed by atoms with E-state index >= 15 is 0 Å². The fourth-order valence-corrected chi connectivity index (χ4v) is 4.91. The third-order valence-corrected chi connectivity index (χ3v) is 7.04. The van der Waals surface area contributed by atoms with Gasteiger partial charge >= 0.3 is 5.97 Å². The van der Waals surface area contributed by atoms with Gasteiger partial charge in [0, 0.05) is 29.6 Å². The third kappa shape index (κ3) is 8.20. The van der Waals surface area contributed by atoms with Gasteiger partial charge in [-0.1, -0.05) is 62.9 Å². The first-order chi connectivity index (χ1) is 19.6. The lowest BCUT2D eigenvalue weighted by Crippen LogP contribution is -2.15. The molecule has 6 heteroatoms. The second-order valence-electron chi connectivity index (χ2n) is 10.2. The van der Waals surface area contributed by atoms with Crippen molar-refractivity contribution in [3.63, 3.8) is 0 Å².